The van der Waals surface area contributed by atoms with Gasteiger partial charge in [0.05, 0.1) is 4.47 Å². The first-order chi connectivity index (χ1) is 8.81. The van der Waals surface area contributed by atoms with E-state index in [1.54, 1.807) is 18.5 Å². The van der Waals surface area contributed by atoms with Crippen LogP contribution in [-0.4, -0.2) is 17.0 Å². The third-order valence-electron chi connectivity index (χ3n) is 2.38. The minimum absolute atomic E-state index is 0.361. The Morgan fingerprint density at radius 3 is 2.72 bits per heavy atom. The maximum atomic E-state index is 5.79. The van der Waals surface area contributed by atoms with E-state index >= 15 is 0 Å². The first kappa shape index (κ1) is 13.0. The van der Waals surface area contributed by atoms with Crippen molar-refractivity contribution >= 4 is 15.9 Å². The second-order valence-electron chi connectivity index (χ2n) is 3.71. The molecule has 1 aromatic heterocycles. The van der Waals surface area contributed by atoms with Gasteiger partial charge in [0.2, 0.25) is 0 Å². The molecule has 0 atom stereocenters. The molecule has 1 aromatic carbocycles. The number of rotatable bonds is 5. The third-order valence-corrected chi connectivity index (χ3v) is 3.01. The van der Waals surface area contributed by atoms with Crippen molar-refractivity contribution < 1.29 is 4.74 Å². The van der Waals surface area contributed by atoms with Gasteiger partial charge in [-0.05, 0) is 35.1 Å². The van der Waals surface area contributed by atoms with Gasteiger partial charge in [0.1, 0.15) is 12.4 Å². The fraction of sp³-hybridized carbons (Fsp3) is 0.231. The van der Waals surface area contributed by atoms with E-state index in [-0.39, 0.29) is 0 Å². The van der Waals surface area contributed by atoms with Crippen LogP contribution in [0.4, 0.5) is 0 Å². The van der Waals surface area contributed by atoms with E-state index in [9.17, 15) is 0 Å². The maximum Gasteiger partial charge on any atom is 0.166 e. The molecule has 0 radical (unpaired) electrons. The van der Waals surface area contributed by atoms with Crippen LogP contribution in [-0.2, 0) is 13.2 Å². The monoisotopic (exact) mass is 307 g/mol. The van der Waals surface area contributed by atoms with Crippen molar-refractivity contribution in [3.63, 3.8) is 0 Å². The van der Waals surface area contributed by atoms with Crippen LogP contribution < -0.4 is 10.1 Å². The highest BCUT2D eigenvalue weighted by molar-refractivity contribution is 9.10. The first-order valence-electron chi connectivity index (χ1n) is 5.62. The Kier molecular flexibility index (Phi) is 4.66. The molecule has 2 aromatic rings. The summed E-state index contributed by atoms with van der Waals surface area (Å²) < 4.78 is 6.73. The highest BCUT2D eigenvalue weighted by Gasteiger charge is 2.08. The highest BCUT2D eigenvalue weighted by atomic mass is 79.9. The van der Waals surface area contributed by atoms with Crippen molar-refractivity contribution in [2.45, 2.75) is 13.2 Å². The molecule has 0 spiro atoms. The molecule has 0 amide bonds. The van der Waals surface area contributed by atoms with Gasteiger partial charge in [-0.2, -0.15) is 0 Å². The number of nitrogens with one attached hydrogen (secondary N) is 1. The van der Waals surface area contributed by atoms with Crippen LogP contribution in [0.3, 0.4) is 0 Å². The van der Waals surface area contributed by atoms with Crippen LogP contribution in [0.2, 0.25) is 0 Å². The van der Waals surface area contributed by atoms with E-state index in [0.717, 1.165) is 22.3 Å². The summed E-state index contributed by atoms with van der Waals surface area (Å²) in [5, 5.41) is 3.12. The fourth-order valence-corrected chi connectivity index (χ4v) is 2.11. The molecule has 4 nitrogen and oxygen atoms in total. The SMILES string of the molecule is CNCc1cccc(Br)c1OCc1ncccn1. The lowest BCUT2D eigenvalue weighted by atomic mass is 10.2. The Labute approximate surface area is 115 Å². The topological polar surface area (TPSA) is 47.0 Å². The number of para-hydroxylation sites is 1. The smallest absolute Gasteiger partial charge is 0.166 e. The molecule has 0 saturated carbocycles. The summed E-state index contributed by atoms with van der Waals surface area (Å²) in [6.07, 6.45) is 3.42. The van der Waals surface area contributed by atoms with Crippen LogP contribution in [0.5, 0.6) is 5.75 Å². The predicted octanol–water partition coefficient (Wildman–Crippen LogP) is 2.54. The van der Waals surface area contributed by atoms with E-state index in [0.29, 0.717) is 12.4 Å². The Morgan fingerprint density at radius 2 is 2.00 bits per heavy atom. The normalized spacial score (nSPS) is 10.3. The summed E-state index contributed by atoms with van der Waals surface area (Å²) in [7, 11) is 1.91. The lowest BCUT2D eigenvalue weighted by molar-refractivity contribution is 0.290. The molecule has 18 heavy (non-hydrogen) atoms. The molecule has 1 N–H and O–H groups in total. The van der Waals surface area contributed by atoms with Gasteiger partial charge in [-0.3, -0.25) is 0 Å². The Hall–Kier alpha value is -1.46. The van der Waals surface area contributed by atoms with Gasteiger partial charge >= 0.3 is 0 Å². The summed E-state index contributed by atoms with van der Waals surface area (Å²) in [5.74, 6) is 1.50. The van der Waals surface area contributed by atoms with E-state index in [4.69, 9.17) is 4.74 Å². The number of ether oxygens (including phenoxy) is 1. The average Bonchev–Trinajstić information content (AvgIpc) is 2.40. The van der Waals surface area contributed by atoms with Crippen molar-refractivity contribution in [1.82, 2.24) is 15.3 Å². The zero-order valence-corrected chi connectivity index (χ0v) is 11.6. The van der Waals surface area contributed by atoms with Crippen molar-refractivity contribution in [2.75, 3.05) is 7.05 Å². The van der Waals surface area contributed by atoms with Gasteiger partial charge in [-0.25, -0.2) is 9.97 Å². The summed E-state index contributed by atoms with van der Waals surface area (Å²) >= 11 is 3.50. The number of nitrogens with zero attached hydrogens (tertiary/aromatic N) is 2. The van der Waals surface area contributed by atoms with Gasteiger partial charge < -0.3 is 10.1 Å². The van der Waals surface area contributed by atoms with Crippen molar-refractivity contribution in [3.05, 3.63) is 52.5 Å². The minimum Gasteiger partial charge on any atom is -0.484 e. The van der Waals surface area contributed by atoms with E-state index in [1.165, 1.54) is 0 Å². The number of hydrogen-bond donors (Lipinski definition) is 1. The van der Waals surface area contributed by atoms with Gasteiger partial charge in [-0.15, -0.1) is 0 Å². The fourth-order valence-electron chi connectivity index (χ4n) is 1.59. The third kappa shape index (κ3) is 3.27. The lowest BCUT2D eigenvalue weighted by Crippen LogP contribution is -2.08. The number of benzene rings is 1. The molecule has 0 aliphatic heterocycles. The zero-order chi connectivity index (χ0) is 12.8. The number of halogens is 1. The van der Waals surface area contributed by atoms with Crippen molar-refractivity contribution in [1.29, 1.82) is 0 Å². The minimum atomic E-state index is 0.361. The quantitative estimate of drug-likeness (QED) is 0.922. The van der Waals surface area contributed by atoms with E-state index in [1.807, 2.05) is 25.2 Å². The standard InChI is InChI=1S/C13H14BrN3O/c1-15-8-10-4-2-5-11(14)13(10)18-9-12-16-6-3-7-17-12/h2-7,15H,8-9H2,1H3. The summed E-state index contributed by atoms with van der Waals surface area (Å²) in [4.78, 5) is 8.26. The molecule has 0 aliphatic rings. The number of hydrogen-bond acceptors (Lipinski definition) is 4. The second kappa shape index (κ2) is 6.47. The molecule has 0 fully saturated rings. The molecule has 0 saturated heterocycles. The largest absolute Gasteiger partial charge is 0.484 e. The second-order valence-corrected chi connectivity index (χ2v) is 4.57. The summed E-state index contributed by atoms with van der Waals surface area (Å²) in [5.41, 5.74) is 1.10. The molecular formula is C13H14BrN3O. The van der Waals surface area contributed by atoms with Crippen LogP contribution in [0, 0.1) is 0 Å². The molecule has 0 aliphatic carbocycles. The van der Waals surface area contributed by atoms with Crippen LogP contribution >= 0.6 is 15.9 Å². The maximum absolute atomic E-state index is 5.79. The van der Waals surface area contributed by atoms with Gasteiger partial charge in [0, 0.05) is 24.5 Å². The summed E-state index contributed by atoms with van der Waals surface area (Å²) in [6, 6.07) is 7.76. The van der Waals surface area contributed by atoms with Gasteiger partial charge in [0.25, 0.3) is 0 Å². The van der Waals surface area contributed by atoms with Crippen LogP contribution in [0.1, 0.15) is 11.4 Å². The Bertz CT molecular complexity index is 505. The highest BCUT2D eigenvalue weighted by Crippen LogP contribution is 2.29. The Balaban J connectivity index is 2.13. The first-order valence-corrected chi connectivity index (χ1v) is 6.41. The molecule has 2 rings (SSSR count). The predicted molar refractivity (Wildman–Crippen MR) is 73.3 cm³/mol. The zero-order valence-electron chi connectivity index (χ0n) is 10.1. The molecule has 0 bridgehead atoms. The van der Waals surface area contributed by atoms with Gasteiger partial charge in [-0.1, -0.05) is 12.1 Å². The molecular weight excluding hydrogens is 294 g/mol. The number of aromatic nitrogens is 2. The van der Waals surface area contributed by atoms with E-state index < -0.39 is 0 Å². The van der Waals surface area contributed by atoms with Gasteiger partial charge in [0.15, 0.2) is 5.82 Å². The molecule has 94 valence electrons. The van der Waals surface area contributed by atoms with Crippen LogP contribution in [0.25, 0.3) is 0 Å². The van der Waals surface area contributed by atoms with Crippen molar-refractivity contribution in [3.8, 4) is 5.75 Å². The summed E-state index contributed by atoms with van der Waals surface area (Å²) in [6.45, 7) is 1.12. The average molecular weight is 308 g/mol. The van der Waals surface area contributed by atoms with Crippen molar-refractivity contribution in [2.24, 2.45) is 0 Å². The van der Waals surface area contributed by atoms with Crippen LogP contribution in [0.15, 0.2) is 41.1 Å². The van der Waals surface area contributed by atoms with E-state index in [2.05, 4.69) is 31.2 Å². The molecule has 5 heteroatoms. The Morgan fingerprint density at radius 1 is 1.22 bits per heavy atom. The lowest BCUT2D eigenvalue weighted by Gasteiger charge is -2.12. The molecule has 0 unspecified atom stereocenters. The molecule has 1 heterocycles.